The Morgan fingerprint density at radius 1 is 1.04 bits per heavy atom. The first-order valence-corrected chi connectivity index (χ1v) is 9.45. The van der Waals surface area contributed by atoms with Gasteiger partial charge in [0.05, 0.1) is 23.2 Å². The zero-order chi connectivity index (χ0) is 20.3. The number of alkyl halides is 3. The molecule has 2 heterocycles. The van der Waals surface area contributed by atoms with Crippen LogP contribution in [-0.4, -0.2) is 19.0 Å². The van der Waals surface area contributed by atoms with Gasteiger partial charge in [-0.25, -0.2) is 4.79 Å². The molecule has 0 saturated heterocycles. The number of hydrogen-bond donors (Lipinski definition) is 1. The van der Waals surface area contributed by atoms with Gasteiger partial charge in [0.25, 0.3) is 5.91 Å². The number of esters is 1. The normalized spacial score (nSPS) is 11.1. The third-order valence-electron chi connectivity index (χ3n) is 3.52. The Balaban J connectivity index is 1.97. The molecular weight excluding hydrogens is 415 g/mol. The van der Waals surface area contributed by atoms with E-state index in [1.165, 1.54) is 13.2 Å². The summed E-state index contributed by atoms with van der Waals surface area (Å²) in [6.07, 6.45) is -4.60. The number of halogens is 3. The van der Waals surface area contributed by atoms with Crippen molar-refractivity contribution in [3.8, 4) is 11.5 Å². The van der Waals surface area contributed by atoms with E-state index < -0.39 is 23.6 Å². The number of rotatable bonds is 5. The highest BCUT2D eigenvalue weighted by Gasteiger charge is 2.31. The molecule has 0 aliphatic heterocycles. The summed E-state index contributed by atoms with van der Waals surface area (Å²) >= 11 is 2.21. The quantitative estimate of drug-likeness (QED) is 0.534. The van der Waals surface area contributed by atoms with Crippen LogP contribution in [0.15, 0.2) is 47.2 Å². The SMILES string of the molecule is COC(=O)c1sccc1Oc1ccc(C(F)(F)F)cc1NC(=O)c1cccs1. The number of thiophene rings is 2. The number of benzene rings is 1. The number of amides is 1. The Morgan fingerprint density at radius 3 is 2.46 bits per heavy atom. The van der Waals surface area contributed by atoms with Crippen LogP contribution in [0, 0.1) is 0 Å². The minimum absolute atomic E-state index is 0.0403. The van der Waals surface area contributed by atoms with Gasteiger partial charge in [0.1, 0.15) is 0 Å². The van der Waals surface area contributed by atoms with Crippen molar-refractivity contribution in [1.82, 2.24) is 0 Å². The molecule has 0 spiro atoms. The van der Waals surface area contributed by atoms with Crippen molar-refractivity contribution in [2.75, 3.05) is 12.4 Å². The molecule has 5 nitrogen and oxygen atoms in total. The summed E-state index contributed by atoms with van der Waals surface area (Å²) in [6, 6.07) is 7.38. The third-order valence-corrected chi connectivity index (χ3v) is 5.26. The average Bonchev–Trinajstić information content (AvgIpc) is 3.33. The van der Waals surface area contributed by atoms with E-state index in [4.69, 9.17) is 4.74 Å². The fourth-order valence-corrected chi connectivity index (χ4v) is 3.57. The van der Waals surface area contributed by atoms with E-state index in [0.29, 0.717) is 4.88 Å². The fraction of sp³-hybridized carbons (Fsp3) is 0.111. The van der Waals surface area contributed by atoms with Crippen molar-refractivity contribution >= 4 is 40.2 Å². The van der Waals surface area contributed by atoms with E-state index >= 15 is 0 Å². The van der Waals surface area contributed by atoms with E-state index in [-0.39, 0.29) is 22.1 Å². The molecule has 0 bridgehead atoms. The van der Waals surface area contributed by atoms with Crippen LogP contribution in [0.25, 0.3) is 0 Å². The Bertz CT molecular complexity index is 997. The van der Waals surface area contributed by atoms with Crippen LogP contribution in [0.2, 0.25) is 0 Å². The van der Waals surface area contributed by atoms with Crippen LogP contribution in [0.1, 0.15) is 24.9 Å². The van der Waals surface area contributed by atoms with Crippen molar-refractivity contribution in [3.63, 3.8) is 0 Å². The number of ether oxygens (including phenoxy) is 2. The Morgan fingerprint density at radius 2 is 1.82 bits per heavy atom. The fourth-order valence-electron chi connectivity index (χ4n) is 2.22. The van der Waals surface area contributed by atoms with Crippen molar-refractivity contribution in [3.05, 3.63) is 62.5 Å². The van der Waals surface area contributed by atoms with Crippen LogP contribution in [-0.2, 0) is 10.9 Å². The maximum Gasteiger partial charge on any atom is 0.416 e. The molecule has 0 aliphatic carbocycles. The molecule has 0 fully saturated rings. The molecule has 28 heavy (non-hydrogen) atoms. The summed E-state index contributed by atoms with van der Waals surface area (Å²) in [5.41, 5.74) is -1.12. The van der Waals surface area contributed by atoms with E-state index in [1.807, 2.05) is 0 Å². The van der Waals surface area contributed by atoms with Gasteiger partial charge in [0.15, 0.2) is 16.4 Å². The molecule has 1 N–H and O–H groups in total. The van der Waals surface area contributed by atoms with Gasteiger partial charge in [0.2, 0.25) is 0 Å². The first-order valence-electron chi connectivity index (χ1n) is 7.69. The zero-order valence-corrected chi connectivity index (χ0v) is 15.8. The topological polar surface area (TPSA) is 64.6 Å². The van der Waals surface area contributed by atoms with Crippen molar-refractivity contribution < 1.29 is 32.2 Å². The van der Waals surface area contributed by atoms with Crippen LogP contribution < -0.4 is 10.1 Å². The highest BCUT2D eigenvalue weighted by atomic mass is 32.1. The summed E-state index contributed by atoms with van der Waals surface area (Å²) in [5.74, 6) is -1.14. The van der Waals surface area contributed by atoms with Crippen molar-refractivity contribution in [2.24, 2.45) is 0 Å². The number of anilines is 1. The Kier molecular flexibility index (Phi) is 5.71. The van der Waals surface area contributed by atoms with Gasteiger partial charge >= 0.3 is 12.1 Å². The Labute approximate surface area is 165 Å². The molecule has 1 aromatic carbocycles. The van der Waals surface area contributed by atoms with Crippen LogP contribution in [0.4, 0.5) is 18.9 Å². The first kappa shape index (κ1) is 19.9. The van der Waals surface area contributed by atoms with Crippen molar-refractivity contribution in [2.45, 2.75) is 6.18 Å². The summed E-state index contributed by atoms with van der Waals surface area (Å²) in [5, 5.41) is 5.69. The number of nitrogens with one attached hydrogen (secondary N) is 1. The second-order valence-electron chi connectivity index (χ2n) is 5.35. The molecule has 0 atom stereocenters. The second kappa shape index (κ2) is 8.03. The molecule has 10 heteroatoms. The number of hydrogen-bond acceptors (Lipinski definition) is 6. The van der Waals surface area contributed by atoms with E-state index in [1.54, 1.807) is 22.9 Å². The van der Waals surface area contributed by atoms with Gasteiger partial charge < -0.3 is 14.8 Å². The van der Waals surface area contributed by atoms with Crippen LogP contribution in [0.3, 0.4) is 0 Å². The van der Waals surface area contributed by atoms with Gasteiger partial charge in [0, 0.05) is 0 Å². The minimum atomic E-state index is -4.60. The molecule has 3 rings (SSSR count). The number of carbonyl (C=O) groups is 2. The highest BCUT2D eigenvalue weighted by Crippen LogP contribution is 2.39. The maximum absolute atomic E-state index is 13.1. The molecule has 2 aromatic heterocycles. The van der Waals surface area contributed by atoms with Crippen LogP contribution >= 0.6 is 22.7 Å². The van der Waals surface area contributed by atoms with E-state index in [2.05, 4.69) is 10.1 Å². The zero-order valence-electron chi connectivity index (χ0n) is 14.2. The maximum atomic E-state index is 13.1. The summed E-state index contributed by atoms with van der Waals surface area (Å²) in [7, 11) is 1.20. The predicted molar refractivity (Wildman–Crippen MR) is 99.4 cm³/mol. The predicted octanol–water partition coefficient (Wildman–Crippen LogP) is 5.66. The molecule has 0 radical (unpaired) electrons. The number of carbonyl (C=O) groups excluding carboxylic acids is 2. The third kappa shape index (κ3) is 4.34. The largest absolute Gasteiger partial charge is 0.465 e. The highest BCUT2D eigenvalue weighted by molar-refractivity contribution is 7.12. The number of methoxy groups -OCH3 is 1. The lowest BCUT2D eigenvalue weighted by molar-refractivity contribution is -0.137. The molecule has 0 unspecified atom stereocenters. The lowest BCUT2D eigenvalue weighted by atomic mass is 10.1. The van der Waals surface area contributed by atoms with Crippen LogP contribution in [0.5, 0.6) is 11.5 Å². The monoisotopic (exact) mass is 427 g/mol. The first-order chi connectivity index (χ1) is 13.3. The standard InChI is InChI=1S/C18H12F3NO4S2/c1-25-17(24)15-13(6-8-28-15)26-12-5-4-10(18(19,20)21)9-11(12)22-16(23)14-3-2-7-27-14/h2-9H,1H3,(H,22,23). The summed E-state index contributed by atoms with van der Waals surface area (Å²) in [6.45, 7) is 0. The Hall–Kier alpha value is -2.85. The van der Waals surface area contributed by atoms with Gasteiger partial charge in [-0.2, -0.15) is 13.2 Å². The second-order valence-corrected chi connectivity index (χ2v) is 7.21. The van der Waals surface area contributed by atoms with Gasteiger partial charge in [-0.3, -0.25) is 4.79 Å². The summed E-state index contributed by atoms with van der Waals surface area (Å²) < 4.78 is 49.6. The van der Waals surface area contributed by atoms with Crippen molar-refractivity contribution in [1.29, 1.82) is 0 Å². The lowest BCUT2D eigenvalue weighted by Gasteiger charge is -2.15. The minimum Gasteiger partial charge on any atom is -0.465 e. The molecule has 0 aliphatic rings. The molecular formula is C18H12F3NO4S2. The summed E-state index contributed by atoms with van der Waals surface area (Å²) in [4.78, 5) is 24.6. The van der Waals surface area contributed by atoms with E-state index in [0.717, 1.165) is 40.9 Å². The lowest BCUT2D eigenvalue weighted by Crippen LogP contribution is -2.13. The van der Waals surface area contributed by atoms with Gasteiger partial charge in [-0.1, -0.05) is 6.07 Å². The molecule has 3 aromatic rings. The average molecular weight is 427 g/mol. The van der Waals surface area contributed by atoms with Gasteiger partial charge in [-0.15, -0.1) is 22.7 Å². The van der Waals surface area contributed by atoms with Gasteiger partial charge in [-0.05, 0) is 41.1 Å². The molecule has 0 saturated carbocycles. The smallest absolute Gasteiger partial charge is 0.416 e. The molecule has 1 amide bonds. The van der Waals surface area contributed by atoms with E-state index in [9.17, 15) is 22.8 Å². The molecule has 146 valence electrons.